The smallest absolute Gasteiger partial charge is 0.169 e. The van der Waals surface area contributed by atoms with E-state index in [0.717, 1.165) is 43.9 Å². The number of hydrogen-bond donors (Lipinski definition) is 0. The Kier molecular flexibility index (Phi) is 2.24. The molecule has 2 heterocycles. The monoisotopic (exact) mass is 316 g/mol. The molecule has 0 N–H and O–H groups in total. The molecule has 5 saturated carbocycles. The van der Waals surface area contributed by atoms with Gasteiger partial charge in [0.25, 0.3) is 0 Å². The van der Waals surface area contributed by atoms with Gasteiger partial charge in [-0.25, -0.2) is 0 Å². The SMILES string of the molecule is CO[C@@]12CC[C@@]34[C@H]5CC[C@]6(C)C(=O)CC[C@H]6[C@@H]5CC[C@]3(C1)[C@@H]4O2. The van der Waals surface area contributed by atoms with Crippen LogP contribution in [-0.2, 0) is 14.3 Å². The molecule has 5 aliphatic carbocycles. The number of carbonyl (C=O) groups is 1. The molecular weight excluding hydrogens is 288 g/mol. The van der Waals surface area contributed by atoms with Crippen molar-refractivity contribution in [3.8, 4) is 0 Å². The minimum Gasteiger partial charge on any atom is -0.353 e. The van der Waals surface area contributed by atoms with Crippen LogP contribution in [0.1, 0.15) is 64.7 Å². The summed E-state index contributed by atoms with van der Waals surface area (Å²) in [4.78, 5) is 12.5. The molecule has 126 valence electrons. The maximum absolute atomic E-state index is 12.5. The Balaban J connectivity index is 1.38. The Bertz CT molecular complexity index is 616. The van der Waals surface area contributed by atoms with Crippen LogP contribution in [-0.4, -0.2) is 24.8 Å². The van der Waals surface area contributed by atoms with Crippen molar-refractivity contribution in [2.75, 3.05) is 7.11 Å². The van der Waals surface area contributed by atoms with Crippen molar-refractivity contribution in [2.24, 2.45) is 34.0 Å². The zero-order chi connectivity index (χ0) is 15.7. The molecule has 0 aromatic heterocycles. The highest BCUT2D eigenvalue weighted by molar-refractivity contribution is 5.87. The van der Waals surface area contributed by atoms with Gasteiger partial charge in [0, 0.05) is 42.6 Å². The molecule has 0 aromatic carbocycles. The van der Waals surface area contributed by atoms with Gasteiger partial charge in [-0.3, -0.25) is 4.79 Å². The van der Waals surface area contributed by atoms with E-state index >= 15 is 0 Å². The van der Waals surface area contributed by atoms with Gasteiger partial charge in [0.05, 0.1) is 6.10 Å². The molecule has 7 fully saturated rings. The summed E-state index contributed by atoms with van der Waals surface area (Å²) in [6, 6.07) is 0. The summed E-state index contributed by atoms with van der Waals surface area (Å²) < 4.78 is 12.3. The third kappa shape index (κ3) is 1.21. The van der Waals surface area contributed by atoms with Crippen molar-refractivity contribution in [1.82, 2.24) is 0 Å². The van der Waals surface area contributed by atoms with Crippen LogP contribution in [0.3, 0.4) is 0 Å². The molecule has 7 aliphatic rings. The second-order valence-electron chi connectivity index (χ2n) is 9.82. The van der Waals surface area contributed by atoms with Crippen LogP contribution in [0.4, 0.5) is 0 Å². The summed E-state index contributed by atoms with van der Waals surface area (Å²) in [6.45, 7) is 2.28. The van der Waals surface area contributed by atoms with Gasteiger partial charge in [-0.05, 0) is 56.3 Å². The van der Waals surface area contributed by atoms with Gasteiger partial charge < -0.3 is 9.47 Å². The van der Waals surface area contributed by atoms with E-state index in [2.05, 4.69) is 6.92 Å². The van der Waals surface area contributed by atoms with Crippen LogP contribution in [0, 0.1) is 34.0 Å². The number of fused-ring (bicyclic) bond motifs is 4. The average molecular weight is 316 g/mol. The number of hydrogen-bond acceptors (Lipinski definition) is 3. The van der Waals surface area contributed by atoms with Crippen LogP contribution in [0.15, 0.2) is 0 Å². The Labute approximate surface area is 138 Å². The van der Waals surface area contributed by atoms with Crippen LogP contribution < -0.4 is 0 Å². The lowest BCUT2D eigenvalue weighted by molar-refractivity contribution is -0.264. The van der Waals surface area contributed by atoms with E-state index in [9.17, 15) is 4.79 Å². The first kappa shape index (κ1) is 13.8. The molecule has 4 bridgehead atoms. The number of methoxy groups -OCH3 is 1. The summed E-state index contributed by atoms with van der Waals surface area (Å²) in [6.07, 6.45) is 11.1. The van der Waals surface area contributed by atoms with Crippen molar-refractivity contribution in [3.05, 3.63) is 0 Å². The normalized spacial score (nSPS) is 65.0. The van der Waals surface area contributed by atoms with E-state index in [1.54, 1.807) is 0 Å². The molecule has 3 heteroatoms. The first-order valence-electron chi connectivity index (χ1n) is 9.78. The molecule has 2 saturated heterocycles. The number of Topliss-reactive ketones (excluding diaryl/α,β-unsaturated/α-hetero) is 1. The summed E-state index contributed by atoms with van der Waals surface area (Å²) in [5.41, 5.74) is 0.917. The highest BCUT2D eigenvalue weighted by Gasteiger charge is 2.89. The molecular formula is C20H28O3. The standard InChI is InChI=1S/C20H28O3/c1-17-7-6-14-12(13(17)3-4-15(17)21)5-8-18-11-19(22-2)9-10-20(14,18)16(18)23-19/h12-14,16H,3-11H2,1-2H3/t12-,13-,14-,16-,17-,18-,19+,20-/m0/s1. The van der Waals surface area contributed by atoms with Gasteiger partial charge >= 0.3 is 0 Å². The van der Waals surface area contributed by atoms with Crippen LogP contribution in [0.25, 0.3) is 0 Å². The summed E-state index contributed by atoms with van der Waals surface area (Å²) in [5.74, 6) is 2.59. The van der Waals surface area contributed by atoms with Gasteiger partial charge in [0.2, 0.25) is 0 Å². The third-order valence-electron chi connectivity index (χ3n) is 9.75. The molecule has 2 spiro atoms. The summed E-state index contributed by atoms with van der Waals surface area (Å²) in [5, 5.41) is 0. The molecule has 0 aromatic rings. The second kappa shape index (κ2) is 3.72. The Morgan fingerprint density at radius 1 is 1.09 bits per heavy atom. The highest BCUT2D eigenvalue weighted by Crippen LogP contribution is 2.88. The second-order valence-corrected chi connectivity index (χ2v) is 9.82. The van der Waals surface area contributed by atoms with Crippen molar-refractivity contribution in [2.45, 2.75) is 76.6 Å². The topological polar surface area (TPSA) is 35.5 Å². The molecule has 23 heavy (non-hydrogen) atoms. The molecule has 2 aliphatic heterocycles. The predicted octanol–water partition coefficient (Wildman–Crippen LogP) is 3.70. The Morgan fingerprint density at radius 3 is 2.78 bits per heavy atom. The minimum absolute atomic E-state index is 0.0120. The van der Waals surface area contributed by atoms with Crippen LogP contribution in [0.5, 0.6) is 0 Å². The molecule has 0 amide bonds. The minimum atomic E-state index is -0.244. The number of ketones is 1. The van der Waals surface area contributed by atoms with E-state index < -0.39 is 0 Å². The van der Waals surface area contributed by atoms with Crippen LogP contribution in [0.2, 0.25) is 0 Å². The first-order valence-corrected chi connectivity index (χ1v) is 9.78. The number of carbonyl (C=O) groups excluding carboxylic acids is 1. The summed E-state index contributed by atoms with van der Waals surface area (Å²) in [7, 11) is 1.83. The summed E-state index contributed by atoms with van der Waals surface area (Å²) >= 11 is 0. The molecule has 3 nitrogen and oxygen atoms in total. The van der Waals surface area contributed by atoms with Crippen molar-refractivity contribution >= 4 is 5.78 Å². The van der Waals surface area contributed by atoms with E-state index in [1.165, 1.54) is 25.7 Å². The lowest BCUT2D eigenvalue weighted by atomic mass is 9.50. The largest absolute Gasteiger partial charge is 0.353 e. The maximum Gasteiger partial charge on any atom is 0.169 e. The lowest BCUT2D eigenvalue weighted by Gasteiger charge is -2.56. The molecule has 0 unspecified atom stereocenters. The van der Waals surface area contributed by atoms with Gasteiger partial charge in [0.1, 0.15) is 5.78 Å². The van der Waals surface area contributed by atoms with E-state index in [-0.39, 0.29) is 11.2 Å². The Hall–Kier alpha value is -0.410. The fourth-order valence-corrected chi connectivity index (χ4v) is 8.74. The fourth-order valence-electron chi connectivity index (χ4n) is 8.74. The van der Waals surface area contributed by atoms with Gasteiger partial charge in [-0.2, -0.15) is 0 Å². The van der Waals surface area contributed by atoms with Crippen molar-refractivity contribution < 1.29 is 14.3 Å². The quantitative estimate of drug-likeness (QED) is 0.740. The average Bonchev–Trinajstić information content (AvgIpc) is 2.83. The lowest BCUT2D eigenvalue weighted by Crippen LogP contribution is -2.53. The highest BCUT2D eigenvalue weighted by atomic mass is 16.7. The number of ether oxygens (including phenoxy) is 2. The molecule has 7 rings (SSSR count). The third-order valence-corrected chi connectivity index (χ3v) is 9.75. The van der Waals surface area contributed by atoms with Gasteiger partial charge in [-0.15, -0.1) is 0 Å². The zero-order valence-corrected chi connectivity index (χ0v) is 14.4. The zero-order valence-electron chi connectivity index (χ0n) is 14.4. The predicted molar refractivity (Wildman–Crippen MR) is 84.6 cm³/mol. The Morgan fingerprint density at radius 2 is 1.96 bits per heavy atom. The fraction of sp³-hybridized carbons (Fsp3) is 0.950. The van der Waals surface area contributed by atoms with Crippen LogP contribution >= 0.6 is 0 Å². The van der Waals surface area contributed by atoms with E-state index in [0.29, 0.717) is 28.6 Å². The van der Waals surface area contributed by atoms with E-state index in [1.807, 2.05) is 7.11 Å². The molecule has 0 radical (unpaired) electrons. The number of rotatable bonds is 1. The van der Waals surface area contributed by atoms with Crippen molar-refractivity contribution in [3.63, 3.8) is 0 Å². The van der Waals surface area contributed by atoms with Crippen molar-refractivity contribution in [1.29, 1.82) is 0 Å². The van der Waals surface area contributed by atoms with E-state index in [4.69, 9.17) is 9.47 Å². The maximum atomic E-state index is 12.5. The van der Waals surface area contributed by atoms with Gasteiger partial charge in [-0.1, -0.05) is 6.92 Å². The first-order chi connectivity index (χ1) is 11.0. The molecule has 8 atom stereocenters. The van der Waals surface area contributed by atoms with Gasteiger partial charge in [0.15, 0.2) is 5.79 Å².